The topological polar surface area (TPSA) is 62.0 Å². The average Bonchev–Trinajstić information content (AvgIpc) is 3.23. The number of hydrogen-bond acceptors (Lipinski definition) is 4. The summed E-state index contributed by atoms with van der Waals surface area (Å²) in [5, 5.41) is 6.71. The maximum Gasteiger partial charge on any atom is 0.191 e. The molecule has 0 aliphatic carbocycles. The van der Waals surface area contributed by atoms with Crippen LogP contribution >= 0.6 is 24.0 Å². The predicted octanol–water partition coefficient (Wildman–Crippen LogP) is 3.04. The number of furan rings is 1. The molecule has 6 nitrogen and oxygen atoms in total. The Hall–Kier alpha value is -1.65. The van der Waals surface area contributed by atoms with Crippen LogP contribution in [0.15, 0.2) is 52.1 Å². The Bertz CT molecular complexity index is 721. The molecule has 1 saturated heterocycles. The molecule has 0 spiro atoms. The van der Waals surface area contributed by atoms with E-state index in [1.54, 1.807) is 12.3 Å². The van der Waals surface area contributed by atoms with Gasteiger partial charge >= 0.3 is 0 Å². The third-order valence-corrected chi connectivity index (χ3v) is 4.60. The van der Waals surface area contributed by atoms with Crippen molar-refractivity contribution in [3.05, 3.63) is 59.8 Å². The summed E-state index contributed by atoms with van der Waals surface area (Å²) in [5.74, 6) is 1.43. The summed E-state index contributed by atoms with van der Waals surface area (Å²) in [5.41, 5.74) is 0.848. The van der Waals surface area contributed by atoms with Crippen molar-refractivity contribution in [1.82, 2.24) is 15.5 Å². The van der Waals surface area contributed by atoms with Crippen molar-refractivity contribution in [1.29, 1.82) is 0 Å². The molecule has 0 saturated carbocycles. The number of nitrogens with zero attached hydrogens (tertiary/aromatic N) is 2. The van der Waals surface area contributed by atoms with Crippen LogP contribution in [0.2, 0.25) is 0 Å². The van der Waals surface area contributed by atoms with Gasteiger partial charge in [0.05, 0.1) is 26.0 Å². The van der Waals surface area contributed by atoms with Crippen LogP contribution in [0, 0.1) is 5.82 Å². The van der Waals surface area contributed by atoms with E-state index >= 15 is 0 Å². The standard InChI is InChI=1S/C21H29FN4O2.HI/c22-19-5-1-4-18(16-19)17-25-21(24-9-7-20-6-2-13-28-20)23-8-3-10-26-11-14-27-15-12-26;/h1-2,4-6,13,16H,3,7-12,14-15,17H2,(H2,23,24,25);1H. The van der Waals surface area contributed by atoms with Gasteiger partial charge in [-0.1, -0.05) is 12.1 Å². The lowest BCUT2D eigenvalue weighted by molar-refractivity contribution is 0.0376. The number of aliphatic imine (C=N–C) groups is 1. The maximum atomic E-state index is 13.4. The van der Waals surface area contributed by atoms with E-state index in [9.17, 15) is 4.39 Å². The Morgan fingerprint density at radius 2 is 1.93 bits per heavy atom. The number of nitrogens with one attached hydrogen (secondary N) is 2. The van der Waals surface area contributed by atoms with Crippen LogP contribution < -0.4 is 10.6 Å². The van der Waals surface area contributed by atoms with Gasteiger partial charge in [-0.05, 0) is 42.8 Å². The lowest BCUT2D eigenvalue weighted by atomic mass is 10.2. The number of hydrogen-bond donors (Lipinski definition) is 2. The van der Waals surface area contributed by atoms with Crippen molar-refractivity contribution in [3.8, 4) is 0 Å². The summed E-state index contributed by atoms with van der Waals surface area (Å²) in [6, 6.07) is 10.4. The van der Waals surface area contributed by atoms with E-state index < -0.39 is 0 Å². The van der Waals surface area contributed by atoms with Gasteiger partial charge in [-0.25, -0.2) is 9.38 Å². The minimum atomic E-state index is -0.238. The van der Waals surface area contributed by atoms with E-state index in [4.69, 9.17) is 9.15 Å². The van der Waals surface area contributed by atoms with Gasteiger partial charge in [0.15, 0.2) is 5.96 Å². The monoisotopic (exact) mass is 516 g/mol. The molecule has 3 rings (SSSR count). The second kappa shape index (κ2) is 13.6. The normalized spacial score (nSPS) is 15.0. The highest BCUT2D eigenvalue weighted by Crippen LogP contribution is 2.05. The van der Waals surface area contributed by atoms with Crippen molar-refractivity contribution in [2.24, 2.45) is 4.99 Å². The predicted molar refractivity (Wildman–Crippen MR) is 123 cm³/mol. The molecule has 0 bridgehead atoms. The van der Waals surface area contributed by atoms with Gasteiger partial charge in [-0.3, -0.25) is 4.90 Å². The van der Waals surface area contributed by atoms with E-state index in [1.165, 1.54) is 12.1 Å². The molecule has 2 aromatic rings. The molecule has 0 atom stereocenters. The van der Waals surface area contributed by atoms with E-state index in [1.807, 2.05) is 18.2 Å². The van der Waals surface area contributed by atoms with Crippen LogP contribution in [0.1, 0.15) is 17.7 Å². The second-order valence-electron chi connectivity index (χ2n) is 6.79. The molecule has 29 heavy (non-hydrogen) atoms. The highest BCUT2D eigenvalue weighted by atomic mass is 127. The number of morpholine rings is 1. The van der Waals surface area contributed by atoms with E-state index in [-0.39, 0.29) is 29.8 Å². The molecule has 2 heterocycles. The fourth-order valence-corrected chi connectivity index (χ4v) is 3.07. The smallest absolute Gasteiger partial charge is 0.191 e. The van der Waals surface area contributed by atoms with Gasteiger partial charge in [-0.2, -0.15) is 0 Å². The molecule has 1 fully saturated rings. The Morgan fingerprint density at radius 3 is 2.69 bits per heavy atom. The van der Waals surface area contributed by atoms with E-state index in [0.717, 1.165) is 69.5 Å². The maximum absolute atomic E-state index is 13.4. The van der Waals surface area contributed by atoms with Gasteiger partial charge in [0, 0.05) is 32.6 Å². The van der Waals surface area contributed by atoms with Crippen molar-refractivity contribution in [3.63, 3.8) is 0 Å². The molecule has 160 valence electrons. The first kappa shape index (κ1) is 23.6. The molecule has 1 aliphatic rings. The van der Waals surface area contributed by atoms with Crippen LogP contribution in [0.25, 0.3) is 0 Å². The summed E-state index contributed by atoms with van der Waals surface area (Å²) in [7, 11) is 0. The van der Waals surface area contributed by atoms with E-state index in [2.05, 4.69) is 20.5 Å². The summed E-state index contributed by atoms with van der Waals surface area (Å²) in [6.07, 6.45) is 3.48. The molecule has 1 aromatic heterocycles. The largest absolute Gasteiger partial charge is 0.469 e. The number of halogens is 2. The summed E-state index contributed by atoms with van der Waals surface area (Å²) in [4.78, 5) is 7.02. The average molecular weight is 516 g/mol. The third-order valence-electron chi connectivity index (χ3n) is 4.60. The van der Waals surface area contributed by atoms with Crippen LogP contribution in [0.3, 0.4) is 0 Å². The molecular formula is C21H30FIN4O2. The Labute approximate surface area is 188 Å². The summed E-state index contributed by atoms with van der Waals surface area (Å²) in [6.45, 7) is 6.66. The quantitative estimate of drug-likeness (QED) is 0.232. The minimum absolute atomic E-state index is 0. The fourth-order valence-electron chi connectivity index (χ4n) is 3.07. The van der Waals surface area contributed by atoms with Gasteiger partial charge < -0.3 is 19.8 Å². The number of rotatable bonds is 9. The lowest BCUT2D eigenvalue weighted by Crippen LogP contribution is -2.41. The second-order valence-corrected chi connectivity index (χ2v) is 6.79. The number of benzene rings is 1. The summed E-state index contributed by atoms with van der Waals surface area (Å²) >= 11 is 0. The first-order chi connectivity index (χ1) is 13.8. The van der Waals surface area contributed by atoms with Gasteiger partial charge in [0.2, 0.25) is 0 Å². The zero-order chi connectivity index (χ0) is 19.4. The van der Waals surface area contributed by atoms with Crippen molar-refractivity contribution in [2.75, 3.05) is 45.9 Å². The lowest BCUT2D eigenvalue weighted by Gasteiger charge is -2.26. The van der Waals surface area contributed by atoms with Crippen LogP contribution in [-0.4, -0.2) is 56.8 Å². The molecule has 8 heteroatoms. The first-order valence-electron chi connectivity index (χ1n) is 9.89. The van der Waals surface area contributed by atoms with Crippen LogP contribution in [0.4, 0.5) is 4.39 Å². The van der Waals surface area contributed by atoms with Crippen molar-refractivity contribution in [2.45, 2.75) is 19.4 Å². The van der Waals surface area contributed by atoms with Gasteiger partial charge in [0.1, 0.15) is 11.6 Å². The Balaban J connectivity index is 0.00000300. The van der Waals surface area contributed by atoms with Gasteiger partial charge in [-0.15, -0.1) is 24.0 Å². The zero-order valence-electron chi connectivity index (χ0n) is 16.6. The van der Waals surface area contributed by atoms with Crippen LogP contribution in [0.5, 0.6) is 0 Å². The summed E-state index contributed by atoms with van der Waals surface area (Å²) < 4.78 is 24.1. The van der Waals surface area contributed by atoms with E-state index in [0.29, 0.717) is 13.1 Å². The number of guanidine groups is 1. The first-order valence-corrected chi connectivity index (χ1v) is 9.89. The molecule has 2 N–H and O–H groups in total. The molecule has 0 amide bonds. The van der Waals surface area contributed by atoms with Crippen molar-refractivity contribution < 1.29 is 13.5 Å². The SMILES string of the molecule is Fc1cccc(CN=C(NCCCN2CCOCC2)NCCc2ccco2)c1.I. The molecule has 0 unspecified atom stereocenters. The molecule has 1 aromatic carbocycles. The van der Waals surface area contributed by atoms with Crippen molar-refractivity contribution >= 4 is 29.9 Å². The Kier molecular flexibility index (Phi) is 11.0. The highest BCUT2D eigenvalue weighted by Gasteiger charge is 2.09. The Morgan fingerprint density at radius 1 is 1.10 bits per heavy atom. The molecule has 1 aliphatic heterocycles. The van der Waals surface area contributed by atoms with Crippen LogP contribution in [-0.2, 0) is 17.7 Å². The minimum Gasteiger partial charge on any atom is -0.469 e. The molecular weight excluding hydrogens is 486 g/mol. The molecule has 0 radical (unpaired) electrons. The highest BCUT2D eigenvalue weighted by molar-refractivity contribution is 14.0. The third kappa shape index (κ3) is 9.14. The van der Waals surface area contributed by atoms with Gasteiger partial charge in [0.25, 0.3) is 0 Å². The fraction of sp³-hybridized carbons (Fsp3) is 0.476. The zero-order valence-corrected chi connectivity index (χ0v) is 18.9. The number of ether oxygens (including phenoxy) is 1.